The summed E-state index contributed by atoms with van der Waals surface area (Å²) in [7, 11) is 0.390. The van der Waals surface area contributed by atoms with E-state index in [4.69, 9.17) is 29.9 Å². The number of nitrogens with zero attached hydrogens (tertiary/aromatic N) is 6. The molecule has 2 unspecified atom stereocenters. The van der Waals surface area contributed by atoms with Gasteiger partial charge in [-0.1, -0.05) is 31.0 Å². The zero-order valence-corrected chi connectivity index (χ0v) is 24.9. The molecule has 3 aromatic rings. The van der Waals surface area contributed by atoms with Gasteiger partial charge in [-0.25, -0.2) is 4.98 Å². The van der Waals surface area contributed by atoms with Crippen LogP contribution >= 0.6 is 11.3 Å². The summed E-state index contributed by atoms with van der Waals surface area (Å²) in [5.74, 6) is 1.36. The lowest BCUT2D eigenvalue weighted by molar-refractivity contribution is 0.111. The summed E-state index contributed by atoms with van der Waals surface area (Å²) < 4.78 is 17.3. The van der Waals surface area contributed by atoms with Gasteiger partial charge in [0.1, 0.15) is 23.3 Å². The van der Waals surface area contributed by atoms with E-state index in [0.29, 0.717) is 36.8 Å². The van der Waals surface area contributed by atoms with E-state index in [1.807, 2.05) is 29.2 Å². The lowest BCUT2D eigenvalue weighted by atomic mass is 9.90. The average Bonchev–Trinajstić information content (AvgIpc) is 3.60. The number of rotatable bonds is 11. The first-order valence-corrected chi connectivity index (χ1v) is 17.9. The van der Waals surface area contributed by atoms with Gasteiger partial charge in [0.2, 0.25) is 5.13 Å². The Bertz CT molecular complexity index is 1410. The molecule has 2 N–H and O–H groups in total. The second-order valence-electron chi connectivity index (χ2n) is 11.3. The molecule has 5 heterocycles. The summed E-state index contributed by atoms with van der Waals surface area (Å²) in [6.07, 6.45) is 8.52. The highest BCUT2D eigenvalue weighted by molar-refractivity contribution is 7.15. The van der Waals surface area contributed by atoms with Gasteiger partial charge in [0, 0.05) is 33.9 Å². The van der Waals surface area contributed by atoms with Crippen molar-refractivity contribution < 1.29 is 14.2 Å². The number of ether oxygens (including phenoxy) is 3. The van der Waals surface area contributed by atoms with Crippen LogP contribution in [0.2, 0.25) is 25.7 Å². The third-order valence-electron chi connectivity index (χ3n) is 6.89. The highest BCUT2D eigenvalue weighted by atomic mass is 32.1. The van der Waals surface area contributed by atoms with Gasteiger partial charge in [0.05, 0.1) is 42.2 Å². The molecule has 10 nitrogen and oxygen atoms in total. The number of aromatic nitrogens is 4. The molecule has 0 saturated carbocycles. The molecule has 3 aromatic heterocycles. The first-order chi connectivity index (χ1) is 18.7. The number of pyridine rings is 2. The van der Waals surface area contributed by atoms with Gasteiger partial charge in [0.25, 0.3) is 0 Å². The monoisotopic (exact) mass is 567 g/mol. The maximum absolute atomic E-state index is 6.82. The van der Waals surface area contributed by atoms with Crippen molar-refractivity contribution in [2.24, 2.45) is 10.7 Å². The summed E-state index contributed by atoms with van der Waals surface area (Å²) in [6, 6.07) is 6.90. The lowest BCUT2D eigenvalue weighted by Crippen LogP contribution is -2.47. The number of hydrogen-bond donors (Lipinski definition) is 1. The number of hydrogen-bond acceptors (Lipinski definition) is 11. The van der Waals surface area contributed by atoms with Gasteiger partial charge >= 0.3 is 0 Å². The standard InChI is InChI=1S/C27H37N7O3SSi/c1-35-21-12-19(15-29-16-21)27(28)14-23-22(30-17-27)7-8-24(31-23)34(18-36-10-11-39(2,3)4)26-33-32-25(38-26)13-20-6-5-9-37-20/h7-8,12,14-16,20H,5-6,9-11,13,17-18,28H2,1-4H3. The van der Waals surface area contributed by atoms with E-state index in [-0.39, 0.29) is 6.10 Å². The molecule has 0 aliphatic carbocycles. The molecule has 208 valence electrons. The summed E-state index contributed by atoms with van der Waals surface area (Å²) in [4.78, 5) is 16.0. The SMILES string of the molecule is COc1cncc(C2(N)C=c3nc(N(COCC[Si](C)(C)C)c4nnc(CC5CCCO5)s4)ccc3=NC2)c1. The van der Waals surface area contributed by atoms with Crippen molar-refractivity contribution in [3.63, 3.8) is 0 Å². The molecule has 2 aliphatic heterocycles. The minimum absolute atomic E-state index is 0.217. The molecule has 5 rings (SSSR count). The van der Waals surface area contributed by atoms with Crippen molar-refractivity contribution in [1.29, 1.82) is 0 Å². The molecule has 2 aliphatic rings. The molecule has 12 heteroatoms. The molecule has 2 atom stereocenters. The Morgan fingerprint density at radius 1 is 1.23 bits per heavy atom. The number of nitrogens with two attached hydrogens (primary N) is 1. The van der Waals surface area contributed by atoms with E-state index in [9.17, 15) is 0 Å². The summed E-state index contributed by atoms with van der Waals surface area (Å²) in [5, 5.41) is 12.2. The lowest BCUT2D eigenvalue weighted by Gasteiger charge is -2.27. The van der Waals surface area contributed by atoms with E-state index >= 15 is 0 Å². The molecule has 0 aromatic carbocycles. The van der Waals surface area contributed by atoms with Crippen LogP contribution in [0.4, 0.5) is 10.9 Å². The zero-order valence-electron chi connectivity index (χ0n) is 23.1. The smallest absolute Gasteiger partial charge is 0.215 e. The Hall–Kier alpha value is -2.77. The molecule has 0 radical (unpaired) electrons. The van der Waals surface area contributed by atoms with Crippen molar-refractivity contribution in [2.45, 2.75) is 56.6 Å². The quantitative estimate of drug-likeness (QED) is 0.212. The van der Waals surface area contributed by atoms with Crippen LogP contribution in [0.1, 0.15) is 23.4 Å². The molecular formula is C27H37N7O3SSi. The second-order valence-corrected chi connectivity index (χ2v) is 17.9. The minimum Gasteiger partial charge on any atom is -0.495 e. The second kappa shape index (κ2) is 11.8. The van der Waals surface area contributed by atoms with E-state index in [2.05, 4.69) is 34.8 Å². The van der Waals surface area contributed by atoms with Crippen LogP contribution in [0.25, 0.3) is 6.08 Å². The van der Waals surface area contributed by atoms with Crippen LogP contribution in [0.3, 0.4) is 0 Å². The fourth-order valence-corrected chi connectivity index (χ4v) is 6.16. The zero-order chi connectivity index (χ0) is 27.5. The van der Waals surface area contributed by atoms with Crippen molar-refractivity contribution in [3.8, 4) is 5.75 Å². The van der Waals surface area contributed by atoms with Crippen LogP contribution in [-0.4, -0.2) is 67.9 Å². The number of fused-ring (bicyclic) bond motifs is 1. The fourth-order valence-electron chi connectivity index (χ4n) is 4.50. The van der Waals surface area contributed by atoms with Gasteiger partial charge in [-0.05, 0) is 48.7 Å². The van der Waals surface area contributed by atoms with Crippen LogP contribution in [0.15, 0.2) is 35.6 Å². The third kappa shape index (κ3) is 6.87. The molecule has 1 fully saturated rings. The number of methoxy groups -OCH3 is 1. The van der Waals surface area contributed by atoms with E-state index in [1.165, 1.54) is 0 Å². The van der Waals surface area contributed by atoms with Crippen molar-refractivity contribution in [3.05, 3.63) is 51.9 Å². The van der Waals surface area contributed by atoms with Gasteiger partial charge in [0.15, 0.2) is 0 Å². The maximum Gasteiger partial charge on any atom is 0.215 e. The van der Waals surface area contributed by atoms with Crippen LogP contribution in [-0.2, 0) is 21.4 Å². The average molecular weight is 568 g/mol. The first kappa shape index (κ1) is 27.8. The Balaban J connectivity index is 1.44. The van der Waals surface area contributed by atoms with Gasteiger partial charge in [-0.3, -0.25) is 14.9 Å². The molecule has 0 spiro atoms. The summed E-state index contributed by atoms with van der Waals surface area (Å²) >= 11 is 1.56. The van der Waals surface area contributed by atoms with Gasteiger partial charge in [-0.2, -0.15) is 0 Å². The summed E-state index contributed by atoms with van der Waals surface area (Å²) in [5.41, 5.74) is 6.79. The van der Waals surface area contributed by atoms with Crippen molar-refractivity contribution >= 4 is 36.4 Å². The van der Waals surface area contributed by atoms with Crippen LogP contribution in [0.5, 0.6) is 5.75 Å². The summed E-state index contributed by atoms with van der Waals surface area (Å²) in [6.45, 7) is 9.27. The fraction of sp³-hybridized carbons (Fsp3) is 0.519. The minimum atomic E-state index is -1.22. The van der Waals surface area contributed by atoms with E-state index < -0.39 is 13.6 Å². The highest BCUT2D eigenvalue weighted by Gasteiger charge is 2.28. The highest BCUT2D eigenvalue weighted by Crippen LogP contribution is 2.29. The van der Waals surface area contributed by atoms with Crippen molar-refractivity contribution in [1.82, 2.24) is 20.2 Å². The van der Waals surface area contributed by atoms with Gasteiger partial charge in [-0.15, -0.1) is 10.2 Å². The molecule has 0 amide bonds. The Morgan fingerprint density at radius 2 is 2.10 bits per heavy atom. The predicted octanol–water partition coefficient (Wildman–Crippen LogP) is 2.78. The molecule has 0 bridgehead atoms. The topological polar surface area (TPSA) is 121 Å². The molecule has 39 heavy (non-hydrogen) atoms. The largest absolute Gasteiger partial charge is 0.495 e. The Morgan fingerprint density at radius 3 is 2.87 bits per heavy atom. The number of anilines is 2. The van der Waals surface area contributed by atoms with Crippen molar-refractivity contribution in [2.75, 3.05) is 38.5 Å². The third-order valence-corrected chi connectivity index (χ3v) is 9.56. The van der Waals surface area contributed by atoms with E-state index in [0.717, 1.165) is 53.0 Å². The predicted molar refractivity (Wildman–Crippen MR) is 155 cm³/mol. The van der Waals surface area contributed by atoms with Crippen LogP contribution in [0, 0.1) is 0 Å². The normalized spacial score (nSPS) is 20.7. The Labute approximate surface area is 234 Å². The maximum atomic E-state index is 6.82. The van der Waals surface area contributed by atoms with Crippen LogP contribution < -0.4 is 26.1 Å². The Kier molecular flexibility index (Phi) is 8.38. The van der Waals surface area contributed by atoms with Gasteiger partial charge < -0.3 is 19.9 Å². The first-order valence-electron chi connectivity index (χ1n) is 13.3. The molecule has 1 saturated heterocycles. The molecular weight excluding hydrogens is 530 g/mol. The van der Waals surface area contributed by atoms with E-state index in [1.54, 1.807) is 30.8 Å².